The third-order valence-corrected chi connectivity index (χ3v) is 4.16. The lowest BCUT2D eigenvalue weighted by Crippen LogP contribution is -2.45. The zero-order valence-electron chi connectivity index (χ0n) is 13.4. The molecule has 1 heterocycles. The first kappa shape index (κ1) is 15.3. The van der Waals surface area contributed by atoms with Crippen LogP contribution in [0.1, 0.15) is 23.6 Å². The predicted molar refractivity (Wildman–Crippen MR) is 90.1 cm³/mol. The Labute approximate surface area is 136 Å². The minimum Gasteiger partial charge on any atom is -0.344 e. The van der Waals surface area contributed by atoms with Crippen LogP contribution in [0.15, 0.2) is 48.5 Å². The standard InChI is InChI=1S/C19H20N2O2/c1-13-6-5-7-15(10-13)12-20-18(22)19(23)21-14(2)11-16-8-3-4-9-17(16)21/h3-10,14H,11-12H2,1-2H3,(H,20,22). The molecule has 0 aromatic heterocycles. The number of benzene rings is 2. The number of carbonyl (C=O) groups is 2. The van der Waals surface area contributed by atoms with Gasteiger partial charge in [-0.2, -0.15) is 0 Å². The van der Waals surface area contributed by atoms with Crippen molar-refractivity contribution in [2.24, 2.45) is 0 Å². The Morgan fingerprint density at radius 2 is 1.96 bits per heavy atom. The maximum atomic E-state index is 12.5. The van der Waals surface area contributed by atoms with Gasteiger partial charge in [-0.1, -0.05) is 48.0 Å². The predicted octanol–water partition coefficient (Wildman–Crippen LogP) is 2.59. The average Bonchev–Trinajstić information content (AvgIpc) is 2.87. The van der Waals surface area contributed by atoms with Gasteiger partial charge >= 0.3 is 11.8 Å². The molecule has 1 unspecified atom stereocenters. The third-order valence-electron chi connectivity index (χ3n) is 4.16. The second kappa shape index (κ2) is 6.24. The van der Waals surface area contributed by atoms with Crippen LogP contribution < -0.4 is 10.2 Å². The van der Waals surface area contributed by atoms with Gasteiger partial charge in [0.2, 0.25) is 0 Å². The van der Waals surface area contributed by atoms with Crippen LogP contribution in [0.4, 0.5) is 5.69 Å². The SMILES string of the molecule is Cc1cccc(CNC(=O)C(=O)N2c3ccccc3CC2C)c1. The molecule has 0 spiro atoms. The first-order valence-corrected chi connectivity index (χ1v) is 7.81. The van der Waals surface area contributed by atoms with E-state index in [9.17, 15) is 9.59 Å². The molecule has 0 saturated heterocycles. The van der Waals surface area contributed by atoms with Gasteiger partial charge in [0.05, 0.1) is 0 Å². The molecule has 2 aromatic carbocycles. The number of hydrogen-bond donors (Lipinski definition) is 1. The summed E-state index contributed by atoms with van der Waals surface area (Å²) in [6, 6.07) is 15.6. The van der Waals surface area contributed by atoms with Gasteiger partial charge in [0.15, 0.2) is 0 Å². The minimum absolute atomic E-state index is 0.00428. The van der Waals surface area contributed by atoms with Crippen molar-refractivity contribution in [3.05, 3.63) is 65.2 Å². The fourth-order valence-electron chi connectivity index (χ4n) is 3.06. The molecule has 1 N–H and O–H groups in total. The van der Waals surface area contributed by atoms with Crippen LogP contribution in [0, 0.1) is 6.92 Å². The van der Waals surface area contributed by atoms with Crippen molar-refractivity contribution in [2.45, 2.75) is 32.9 Å². The summed E-state index contributed by atoms with van der Waals surface area (Å²) in [5.41, 5.74) is 4.07. The van der Waals surface area contributed by atoms with Crippen LogP contribution >= 0.6 is 0 Å². The van der Waals surface area contributed by atoms with E-state index in [1.54, 1.807) is 4.90 Å². The largest absolute Gasteiger partial charge is 0.344 e. The van der Waals surface area contributed by atoms with E-state index in [0.29, 0.717) is 6.54 Å². The third kappa shape index (κ3) is 3.11. The molecule has 1 aliphatic rings. The Balaban J connectivity index is 1.69. The molecule has 2 aromatic rings. The molecule has 1 aliphatic heterocycles. The number of anilines is 1. The lowest BCUT2D eigenvalue weighted by Gasteiger charge is -2.22. The summed E-state index contributed by atoms with van der Waals surface area (Å²) in [6.07, 6.45) is 0.785. The molecule has 0 bridgehead atoms. The van der Waals surface area contributed by atoms with Crippen LogP contribution in [-0.2, 0) is 22.6 Å². The van der Waals surface area contributed by atoms with Crippen molar-refractivity contribution < 1.29 is 9.59 Å². The number of nitrogens with one attached hydrogen (secondary N) is 1. The zero-order valence-corrected chi connectivity index (χ0v) is 13.4. The highest BCUT2D eigenvalue weighted by Gasteiger charge is 2.33. The van der Waals surface area contributed by atoms with Gasteiger partial charge in [0, 0.05) is 18.3 Å². The number of carbonyl (C=O) groups excluding carboxylic acids is 2. The maximum Gasteiger partial charge on any atom is 0.316 e. The second-order valence-electron chi connectivity index (χ2n) is 6.03. The molecule has 118 valence electrons. The number of fused-ring (bicyclic) bond motifs is 1. The van der Waals surface area contributed by atoms with Crippen molar-refractivity contribution in [1.82, 2.24) is 5.32 Å². The van der Waals surface area contributed by atoms with Gasteiger partial charge in [0.1, 0.15) is 0 Å². The molecule has 1 atom stereocenters. The molecule has 4 nitrogen and oxygen atoms in total. The van der Waals surface area contributed by atoms with E-state index in [2.05, 4.69) is 5.32 Å². The van der Waals surface area contributed by atoms with Gasteiger partial charge in [-0.3, -0.25) is 9.59 Å². The topological polar surface area (TPSA) is 49.4 Å². The highest BCUT2D eigenvalue weighted by molar-refractivity contribution is 6.40. The van der Waals surface area contributed by atoms with Crippen molar-refractivity contribution in [2.75, 3.05) is 4.90 Å². The first-order valence-electron chi connectivity index (χ1n) is 7.81. The highest BCUT2D eigenvalue weighted by atomic mass is 16.2. The Morgan fingerprint density at radius 3 is 2.74 bits per heavy atom. The Hall–Kier alpha value is -2.62. The average molecular weight is 308 g/mol. The van der Waals surface area contributed by atoms with Crippen molar-refractivity contribution in [3.8, 4) is 0 Å². The monoisotopic (exact) mass is 308 g/mol. The molecule has 0 radical (unpaired) electrons. The van der Waals surface area contributed by atoms with Crippen LogP contribution in [0.2, 0.25) is 0 Å². The summed E-state index contributed by atoms with van der Waals surface area (Å²) in [7, 11) is 0. The maximum absolute atomic E-state index is 12.5. The molecule has 4 heteroatoms. The smallest absolute Gasteiger partial charge is 0.316 e. The molecular weight excluding hydrogens is 288 g/mol. The number of aryl methyl sites for hydroxylation is 1. The molecule has 0 fully saturated rings. The Bertz CT molecular complexity index is 755. The number of hydrogen-bond acceptors (Lipinski definition) is 2. The van der Waals surface area contributed by atoms with E-state index in [1.165, 1.54) is 0 Å². The number of nitrogens with zero attached hydrogens (tertiary/aromatic N) is 1. The van der Waals surface area contributed by atoms with Gasteiger partial charge < -0.3 is 10.2 Å². The highest BCUT2D eigenvalue weighted by Crippen LogP contribution is 2.31. The van der Waals surface area contributed by atoms with E-state index >= 15 is 0 Å². The molecule has 23 heavy (non-hydrogen) atoms. The first-order chi connectivity index (χ1) is 11.1. The molecule has 0 aliphatic carbocycles. The van der Waals surface area contributed by atoms with E-state index in [1.807, 2.05) is 62.4 Å². The minimum atomic E-state index is -0.560. The van der Waals surface area contributed by atoms with E-state index in [-0.39, 0.29) is 6.04 Å². The molecule has 0 saturated carbocycles. The van der Waals surface area contributed by atoms with Crippen LogP contribution in [-0.4, -0.2) is 17.9 Å². The van der Waals surface area contributed by atoms with Crippen molar-refractivity contribution in [3.63, 3.8) is 0 Å². The fourth-order valence-corrected chi connectivity index (χ4v) is 3.06. The van der Waals surface area contributed by atoms with Crippen LogP contribution in [0.3, 0.4) is 0 Å². The number of amides is 2. The summed E-state index contributed by atoms with van der Waals surface area (Å²) < 4.78 is 0. The summed E-state index contributed by atoms with van der Waals surface area (Å²) in [6.45, 7) is 4.32. The lowest BCUT2D eigenvalue weighted by atomic mass is 10.1. The van der Waals surface area contributed by atoms with Gasteiger partial charge in [-0.15, -0.1) is 0 Å². The molecular formula is C19H20N2O2. The van der Waals surface area contributed by atoms with Crippen LogP contribution in [0.25, 0.3) is 0 Å². The van der Waals surface area contributed by atoms with Crippen LogP contribution in [0.5, 0.6) is 0 Å². The summed E-state index contributed by atoms with van der Waals surface area (Å²) in [4.78, 5) is 26.4. The summed E-state index contributed by atoms with van der Waals surface area (Å²) >= 11 is 0. The van der Waals surface area contributed by atoms with Crippen molar-refractivity contribution in [1.29, 1.82) is 0 Å². The summed E-state index contributed by atoms with van der Waals surface area (Å²) in [5.74, 6) is -1.05. The zero-order chi connectivity index (χ0) is 16.4. The molecule has 3 rings (SSSR count). The Kier molecular flexibility index (Phi) is 4.15. The normalized spacial score (nSPS) is 16.1. The van der Waals surface area contributed by atoms with E-state index < -0.39 is 11.8 Å². The van der Waals surface area contributed by atoms with E-state index in [4.69, 9.17) is 0 Å². The van der Waals surface area contributed by atoms with Gasteiger partial charge in [0.25, 0.3) is 0 Å². The summed E-state index contributed by atoms with van der Waals surface area (Å²) in [5, 5.41) is 2.72. The van der Waals surface area contributed by atoms with E-state index in [0.717, 1.165) is 28.8 Å². The fraction of sp³-hybridized carbons (Fsp3) is 0.263. The second-order valence-corrected chi connectivity index (χ2v) is 6.03. The number of rotatable bonds is 2. The van der Waals surface area contributed by atoms with Gasteiger partial charge in [-0.25, -0.2) is 0 Å². The van der Waals surface area contributed by atoms with Crippen molar-refractivity contribution >= 4 is 17.5 Å². The Morgan fingerprint density at radius 1 is 1.17 bits per heavy atom. The quantitative estimate of drug-likeness (QED) is 0.867. The van der Waals surface area contributed by atoms with Gasteiger partial charge in [-0.05, 0) is 37.5 Å². The number of para-hydroxylation sites is 1. The molecule has 2 amide bonds. The lowest BCUT2D eigenvalue weighted by molar-refractivity contribution is -0.137.